The van der Waals surface area contributed by atoms with E-state index in [1.54, 1.807) is 11.1 Å². The van der Waals surface area contributed by atoms with Crippen LogP contribution in [0.3, 0.4) is 0 Å². The molecular formula is C20H31N5O2. The normalized spacial score (nSPS) is 22.0. The lowest BCUT2D eigenvalue weighted by atomic mass is 10.2. The van der Waals surface area contributed by atoms with E-state index >= 15 is 0 Å². The molecule has 0 aliphatic carbocycles. The van der Waals surface area contributed by atoms with Crippen LogP contribution in [0.25, 0.3) is 0 Å². The van der Waals surface area contributed by atoms with Crippen molar-refractivity contribution < 1.29 is 9.59 Å². The molecule has 1 aromatic heterocycles. The molecule has 3 heterocycles. The van der Waals surface area contributed by atoms with Gasteiger partial charge in [-0.3, -0.25) is 14.7 Å². The van der Waals surface area contributed by atoms with Crippen molar-refractivity contribution in [1.82, 2.24) is 25.0 Å². The molecule has 2 aliphatic rings. The molecule has 2 saturated heterocycles. The number of likely N-dealkylation sites (tertiary alicyclic amines) is 1. The number of rotatable bonds is 4. The topological polar surface area (TPSA) is 68.8 Å². The lowest BCUT2D eigenvalue weighted by Gasteiger charge is -2.38. The van der Waals surface area contributed by atoms with Crippen LogP contribution in [0, 0.1) is 6.92 Å². The van der Waals surface area contributed by atoms with E-state index in [0.29, 0.717) is 24.7 Å². The van der Waals surface area contributed by atoms with Crippen LogP contribution in [-0.2, 0) is 0 Å². The first-order valence-corrected chi connectivity index (χ1v) is 9.99. The summed E-state index contributed by atoms with van der Waals surface area (Å²) >= 11 is 0. The third-order valence-electron chi connectivity index (χ3n) is 5.78. The zero-order chi connectivity index (χ0) is 19.4. The zero-order valence-corrected chi connectivity index (χ0v) is 16.6. The van der Waals surface area contributed by atoms with Crippen LogP contribution in [-0.4, -0.2) is 83.0 Å². The summed E-state index contributed by atoms with van der Waals surface area (Å²) < 4.78 is 0. The molecule has 7 nitrogen and oxygen atoms in total. The minimum atomic E-state index is -0.0126. The predicted molar refractivity (Wildman–Crippen MR) is 105 cm³/mol. The van der Waals surface area contributed by atoms with Crippen molar-refractivity contribution >= 4 is 11.9 Å². The summed E-state index contributed by atoms with van der Waals surface area (Å²) in [5.74, 6) is -0.0126. The molecule has 7 heteroatoms. The summed E-state index contributed by atoms with van der Waals surface area (Å²) in [6, 6.07) is 4.25. The van der Waals surface area contributed by atoms with Crippen LogP contribution >= 0.6 is 0 Å². The molecule has 27 heavy (non-hydrogen) atoms. The van der Waals surface area contributed by atoms with Gasteiger partial charge in [0.05, 0.1) is 5.56 Å². The third-order valence-corrected chi connectivity index (χ3v) is 5.78. The molecule has 148 valence electrons. The Kier molecular flexibility index (Phi) is 6.31. The van der Waals surface area contributed by atoms with E-state index in [9.17, 15) is 9.59 Å². The Morgan fingerprint density at radius 3 is 2.56 bits per heavy atom. The molecule has 1 N–H and O–H groups in total. The largest absolute Gasteiger partial charge is 0.336 e. The van der Waals surface area contributed by atoms with Gasteiger partial charge in [-0.1, -0.05) is 6.92 Å². The van der Waals surface area contributed by atoms with Gasteiger partial charge in [0, 0.05) is 63.2 Å². The van der Waals surface area contributed by atoms with Gasteiger partial charge < -0.3 is 15.1 Å². The van der Waals surface area contributed by atoms with Crippen molar-refractivity contribution in [3.05, 3.63) is 29.6 Å². The first-order chi connectivity index (χ1) is 13.0. The highest BCUT2D eigenvalue weighted by Crippen LogP contribution is 2.15. The Bertz CT molecular complexity index is 655. The van der Waals surface area contributed by atoms with Crippen molar-refractivity contribution in [3.8, 4) is 0 Å². The van der Waals surface area contributed by atoms with E-state index in [0.717, 1.165) is 44.7 Å². The van der Waals surface area contributed by atoms with Crippen molar-refractivity contribution in [2.45, 2.75) is 45.7 Å². The van der Waals surface area contributed by atoms with E-state index in [4.69, 9.17) is 0 Å². The molecule has 2 atom stereocenters. The van der Waals surface area contributed by atoms with Crippen LogP contribution in [0.4, 0.5) is 4.79 Å². The van der Waals surface area contributed by atoms with Crippen molar-refractivity contribution in [3.63, 3.8) is 0 Å². The summed E-state index contributed by atoms with van der Waals surface area (Å²) in [5.41, 5.74) is 1.50. The number of aromatic nitrogens is 1. The van der Waals surface area contributed by atoms with Crippen molar-refractivity contribution in [2.24, 2.45) is 0 Å². The van der Waals surface area contributed by atoms with E-state index < -0.39 is 0 Å². The summed E-state index contributed by atoms with van der Waals surface area (Å²) in [5, 5.41) is 3.11. The van der Waals surface area contributed by atoms with Gasteiger partial charge in [0.2, 0.25) is 0 Å². The summed E-state index contributed by atoms with van der Waals surface area (Å²) in [6.07, 6.45) is 3.55. The van der Waals surface area contributed by atoms with Crippen LogP contribution in [0.2, 0.25) is 0 Å². The number of hydrogen-bond acceptors (Lipinski definition) is 4. The second-order valence-electron chi connectivity index (χ2n) is 7.65. The van der Waals surface area contributed by atoms with Gasteiger partial charge in [0.15, 0.2) is 0 Å². The molecule has 2 aliphatic heterocycles. The fourth-order valence-corrected chi connectivity index (χ4v) is 3.73. The Labute approximate surface area is 161 Å². The Morgan fingerprint density at radius 2 is 1.93 bits per heavy atom. The molecule has 0 bridgehead atoms. The maximum atomic E-state index is 12.6. The molecular weight excluding hydrogens is 342 g/mol. The number of carbonyl (C=O) groups excluding carboxylic acids is 2. The number of amides is 3. The number of carbonyl (C=O) groups is 2. The van der Waals surface area contributed by atoms with Crippen molar-refractivity contribution in [2.75, 3.05) is 39.3 Å². The number of nitrogens with one attached hydrogen (secondary N) is 1. The first-order valence-electron chi connectivity index (χ1n) is 9.99. The minimum absolute atomic E-state index is 0.00453. The zero-order valence-electron chi connectivity index (χ0n) is 16.6. The summed E-state index contributed by atoms with van der Waals surface area (Å²) in [7, 11) is 0. The minimum Gasteiger partial charge on any atom is -0.336 e. The van der Waals surface area contributed by atoms with Crippen LogP contribution < -0.4 is 5.32 Å². The van der Waals surface area contributed by atoms with Gasteiger partial charge in [-0.15, -0.1) is 0 Å². The molecule has 3 rings (SSSR count). The van der Waals surface area contributed by atoms with E-state index in [1.165, 1.54) is 0 Å². The molecule has 3 amide bonds. The molecule has 0 saturated carbocycles. The smallest absolute Gasteiger partial charge is 0.317 e. The van der Waals surface area contributed by atoms with Gasteiger partial charge in [-0.25, -0.2) is 4.79 Å². The average Bonchev–Trinajstić information content (AvgIpc) is 3.16. The maximum Gasteiger partial charge on any atom is 0.317 e. The van der Waals surface area contributed by atoms with E-state index in [2.05, 4.69) is 29.0 Å². The highest BCUT2D eigenvalue weighted by molar-refractivity contribution is 5.94. The molecule has 0 aromatic carbocycles. The van der Waals surface area contributed by atoms with Gasteiger partial charge in [0.1, 0.15) is 0 Å². The number of nitrogens with zero attached hydrogens (tertiary/aromatic N) is 4. The van der Waals surface area contributed by atoms with Gasteiger partial charge in [-0.05, 0) is 38.8 Å². The van der Waals surface area contributed by atoms with Crippen LogP contribution in [0.1, 0.15) is 42.7 Å². The quantitative estimate of drug-likeness (QED) is 0.873. The highest BCUT2D eigenvalue weighted by atomic mass is 16.2. The Hall–Kier alpha value is -2.15. The Morgan fingerprint density at radius 1 is 1.19 bits per heavy atom. The number of aryl methyl sites for hydroxylation is 1. The fourth-order valence-electron chi connectivity index (χ4n) is 3.73. The first kappa shape index (κ1) is 19.6. The SMILES string of the molecule is CCC(C)N1CCN(C(=O)N[C@@H]2CCN(C(=O)c3ccc(C)nc3)C2)CC1. The predicted octanol–water partition coefficient (Wildman–Crippen LogP) is 1.73. The fraction of sp³-hybridized carbons (Fsp3) is 0.650. The highest BCUT2D eigenvalue weighted by Gasteiger charge is 2.30. The van der Waals surface area contributed by atoms with Crippen LogP contribution in [0.5, 0.6) is 0 Å². The van der Waals surface area contributed by atoms with Crippen LogP contribution in [0.15, 0.2) is 18.3 Å². The second kappa shape index (κ2) is 8.69. The number of pyridine rings is 1. The molecule has 0 spiro atoms. The molecule has 0 radical (unpaired) electrons. The van der Waals surface area contributed by atoms with Gasteiger partial charge >= 0.3 is 6.03 Å². The third kappa shape index (κ3) is 4.77. The monoisotopic (exact) mass is 373 g/mol. The van der Waals surface area contributed by atoms with Gasteiger partial charge in [-0.2, -0.15) is 0 Å². The number of hydrogen-bond donors (Lipinski definition) is 1. The lowest BCUT2D eigenvalue weighted by molar-refractivity contribution is 0.0787. The molecule has 2 fully saturated rings. The van der Waals surface area contributed by atoms with Crippen molar-refractivity contribution in [1.29, 1.82) is 0 Å². The second-order valence-corrected chi connectivity index (χ2v) is 7.65. The average molecular weight is 374 g/mol. The summed E-state index contributed by atoms with van der Waals surface area (Å²) in [4.78, 5) is 35.5. The number of piperazine rings is 1. The number of urea groups is 1. The van der Waals surface area contributed by atoms with E-state index in [-0.39, 0.29) is 18.0 Å². The lowest BCUT2D eigenvalue weighted by Crippen LogP contribution is -2.55. The van der Waals surface area contributed by atoms with Gasteiger partial charge in [0.25, 0.3) is 5.91 Å². The summed E-state index contributed by atoms with van der Waals surface area (Å²) in [6.45, 7) is 11.0. The molecule has 1 aromatic rings. The standard InChI is InChI=1S/C20H31N5O2/c1-4-16(3)23-9-11-24(12-10-23)20(27)22-18-7-8-25(14-18)19(26)17-6-5-15(2)21-13-17/h5-6,13,16,18H,4,7-12,14H2,1-3H3,(H,22,27)/t16?,18-/m1/s1. The van der Waals surface area contributed by atoms with E-state index in [1.807, 2.05) is 24.0 Å². The molecule has 1 unspecified atom stereocenters. The maximum absolute atomic E-state index is 12.6. The Balaban J connectivity index is 1.46.